The van der Waals surface area contributed by atoms with Crippen LogP contribution < -0.4 is 10.5 Å². The molecule has 1 atom stereocenters. The van der Waals surface area contributed by atoms with Crippen molar-refractivity contribution in [2.24, 2.45) is 0 Å². The number of rotatable bonds is 15. The van der Waals surface area contributed by atoms with Gasteiger partial charge >= 0.3 is 11.7 Å². The molecular formula is C28H38N2O6. The molecule has 196 valence electrons. The van der Waals surface area contributed by atoms with Crippen LogP contribution >= 0.6 is 0 Å². The van der Waals surface area contributed by atoms with Crippen LogP contribution in [0.15, 0.2) is 69.1 Å². The van der Waals surface area contributed by atoms with Gasteiger partial charge in [-0.1, -0.05) is 44.7 Å². The molecule has 0 fully saturated rings. The van der Waals surface area contributed by atoms with Crippen LogP contribution in [0.25, 0.3) is 0 Å². The Morgan fingerprint density at radius 2 is 1.94 bits per heavy atom. The van der Waals surface area contributed by atoms with E-state index >= 15 is 0 Å². The summed E-state index contributed by atoms with van der Waals surface area (Å²) in [5.74, 6) is 0.283. The average Bonchev–Trinajstić information content (AvgIpc) is 3.20. The topological polar surface area (TPSA) is 104 Å². The Bertz CT molecular complexity index is 1140. The molecule has 2 rings (SSSR count). The molecule has 1 aromatic heterocycles. The van der Waals surface area contributed by atoms with Gasteiger partial charge in [-0.25, -0.2) is 4.79 Å². The zero-order valence-electron chi connectivity index (χ0n) is 22.0. The molecule has 1 aromatic carbocycles. The van der Waals surface area contributed by atoms with E-state index in [1.165, 1.54) is 4.68 Å². The van der Waals surface area contributed by atoms with Gasteiger partial charge in [0.15, 0.2) is 0 Å². The summed E-state index contributed by atoms with van der Waals surface area (Å²) in [6.07, 6.45) is 7.26. The molecule has 8 heteroatoms. The van der Waals surface area contributed by atoms with Crippen molar-refractivity contribution in [2.75, 3.05) is 7.11 Å². The largest absolute Gasteiger partial charge is 0.497 e. The smallest absolute Gasteiger partial charge is 0.437 e. The van der Waals surface area contributed by atoms with Gasteiger partial charge in [-0.05, 0) is 68.4 Å². The maximum atomic E-state index is 12.3. The highest BCUT2D eigenvalue weighted by molar-refractivity contribution is 5.68. The normalized spacial score (nSPS) is 13.8. The Labute approximate surface area is 212 Å². The molecule has 0 aliphatic rings. The third-order valence-corrected chi connectivity index (χ3v) is 6.11. The second kappa shape index (κ2) is 13.5. The highest BCUT2D eigenvalue weighted by Gasteiger charge is 2.27. The third-order valence-electron chi connectivity index (χ3n) is 6.11. The average molecular weight is 499 g/mol. The molecule has 0 saturated heterocycles. The number of aromatic nitrogens is 2. The summed E-state index contributed by atoms with van der Waals surface area (Å²) in [4.78, 5) is 23.4. The van der Waals surface area contributed by atoms with Gasteiger partial charge in [0.2, 0.25) is 5.89 Å². The summed E-state index contributed by atoms with van der Waals surface area (Å²) in [7, 11) is 1.59. The van der Waals surface area contributed by atoms with Crippen LogP contribution in [-0.2, 0) is 28.9 Å². The fourth-order valence-corrected chi connectivity index (χ4v) is 3.68. The lowest BCUT2D eigenvalue weighted by molar-refractivity contribution is -0.141. The lowest BCUT2D eigenvalue weighted by Gasteiger charge is -2.28. The van der Waals surface area contributed by atoms with Crippen LogP contribution in [0.4, 0.5) is 0 Å². The van der Waals surface area contributed by atoms with Crippen molar-refractivity contribution in [1.82, 2.24) is 9.78 Å². The molecule has 8 nitrogen and oxygen atoms in total. The van der Waals surface area contributed by atoms with Gasteiger partial charge in [0.05, 0.1) is 20.1 Å². The Kier molecular flexibility index (Phi) is 10.8. The van der Waals surface area contributed by atoms with Crippen LogP contribution in [0.2, 0.25) is 0 Å². The van der Waals surface area contributed by atoms with Crippen molar-refractivity contribution in [1.29, 1.82) is 0 Å². The van der Waals surface area contributed by atoms with E-state index in [-0.39, 0.29) is 6.42 Å². The van der Waals surface area contributed by atoms with E-state index in [4.69, 9.17) is 19.0 Å². The molecule has 1 N–H and O–H groups in total. The third kappa shape index (κ3) is 8.59. The summed E-state index contributed by atoms with van der Waals surface area (Å²) >= 11 is 0. The van der Waals surface area contributed by atoms with E-state index in [9.17, 15) is 9.59 Å². The maximum absolute atomic E-state index is 12.3. The Hall–Kier alpha value is -3.55. The van der Waals surface area contributed by atoms with Gasteiger partial charge in [0, 0.05) is 6.42 Å². The van der Waals surface area contributed by atoms with Gasteiger partial charge in [-0.15, -0.1) is 5.10 Å². The maximum Gasteiger partial charge on any atom is 0.437 e. The number of carboxylic acid groups (broad SMARTS) is 1. The van der Waals surface area contributed by atoms with Crippen molar-refractivity contribution in [3.63, 3.8) is 0 Å². The van der Waals surface area contributed by atoms with Gasteiger partial charge in [-0.3, -0.25) is 4.79 Å². The number of methoxy groups -OCH3 is 1. The van der Waals surface area contributed by atoms with Crippen LogP contribution in [0, 0.1) is 0 Å². The number of benzene rings is 1. The summed E-state index contributed by atoms with van der Waals surface area (Å²) in [5, 5.41) is 13.5. The molecule has 1 unspecified atom stereocenters. The lowest BCUT2D eigenvalue weighted by Crippen LogP contribution is -2.34. The van der Waals surface area contributed by atoms with Gasteiger partial charge in [-0.2, -0.15) is 4.68 Å². The van der Waals surface area contributed by atoms with E-state index in [1.807, 2.05) is 57.2 Å². The first-order valence-corrected chi connectivity index (χ1v) is 12.3. The number of aryl methyl sites for hydroxylation is 2. The van der Waals surface area contributed by atoms with Crippen LogP contribution in [0.1, 0.15) is 64.8 Å². The molecule has 0 aliphatic heterocycles. The highest BCUT2D eigenvalue weighted by Crippen LogP contribution is 2.25. The quantitative estimate of drug-likeness (QED) is 0.256. The number of nitrogens with zero attached hydrogens (tertiary/aromatic N) is 2. The zero-order valence-corrected chi connectivity index (χ0v) is 22.0. The van der Waals surface area contributed by atoms with Crippen molar-refractivity contribution >= 4 is 5.97 Å². The first kappa shape index (κ1) is 28.7. The summed E-state index contributed by atoms with van der Waals surface area (Å²) in [6.45, 7) is 11.9. The predicted molar refractivity (Wildman–Crippen MR) is 139 cm³/mol. The monoisotopic (exact) mass is 498 g/mol. The van der Waals surface area contributed by atoms with Crippen molar-refractivity contribution in [3.05, 3.63) is 81.9 Å². The van der Waals surface area contributed by atoms with Crippen molar-refractivity contribution < 1.29 is 23.8 Å². The summed E-state index contributed by atoms with van der Waals surface area (Å²) < 4.78 is 17.9. The predicted octanol–water partition coefficient (Wildman–Crippen LogP) is 5.48. The number of ether oxygens (including phenoxy) is 2. The van der Waals surface area contributed by atoms with Gasteiger partial charge in [0.25, 0.3) is 0 Å². The van der Waals surface area contributed by atoms with E-state index < -0.39 is 17.3 Å². The summed E-state index contributed by atoms with van der Waals surface area (Å²) in [5.41, 5.74) is 2.23. The number of hydrogen-bond donors (Lipinski definition) is 1. The number of aliphatic carboxylic acids is 1. The number of carboxylic acids is 1. The fourth-order valence-electron chi connectivity index (χ4n) is 3.68. The number of allylic oxidation sites excluding steroid dienone is 4. The molecule has 0 bridgehead atoms. The van der Waals surface area contributed by atoms with Gasteiger partial charge in [0.1, 0.15) is 17.1 Å². The van der Waals surface area contributed by atoms with Crippen LogP contribution in [0.5, 0.6) is 5.75 Å². The minimum Gasteiger partial charge on any atom is -0.497 e. The van der Waals surface area contributed by atoms with Crippen molar-refractivity contribution in [2.45, 2.75) is 78.4 Å². The minimum absolute atomic E-state index is 0.0584. The van der Waals surface area contributed by atoms with Crippen LogP contribution in [0.3, 0.4) is 0 Å². The SMILES string of the molecule is C=C(OC)/C(=C\C(=CC)Cn1nc(CCCc2ccc(OC(C)(CC)CC(=O)O)cc2)oc1=O)CC. The van der Waals surface area contributed by atoms with Crippen molar-refractivity contribution in [3.8, 4) is 5.75 Å². The molecule has 2 aromatic rings. The Balaban J connectivity index is 1.95. The molecule has 0 aliphatic carbocycles. The molecule has 0 spiro atoms. The number of carbonyl (C=O) groups is 1. The van der Waals surface area contributed by atoms with E-state index in [1.54, 1.807) is 14.0 Å². The van der Waals surface area contributed by atoms with Gasteiger partial charge < -0.3 is 19.0 Å². The Morgan fingerprint density at radius 3 is 2.50 bits per heavy atom. The first-order valence-electron chi connectivity index (χ1n) is 12.3. The molecule has 0 amide bonds. The lowest BCUT2D eigenvalue weighted by atomic mass is 9.99. The highest BCUT2D eigenvalue weighted by atomic mass is 16.5. The molecule has 0 radical (unpaired) electrons. The first-order chi connectivity index (χ1) is 17.1. The molecule has 1 heterocycles. The molecule has 36 heavy (non-hydrogen) atoms. The standard InChI is InChI=1S/C28H38N2O6/c1-7-21(17-23(8-2)20(4)34-6)19-30-27(33)35-25(29-30)12-10-11-22-13-15-24(16-14-22)36-28(5,9-3)18-26(31)32/h7,13-17H,4,8-12,18-19H2,1-3,5-6H3,(H,31,32)/b21-7?,23-17-. The van der Waals surface area contributed by atoms with E-state index in [0.717, 1.165) is 36.0 Å². The second-order valence-electron chi connectivity index (χ2n) is 8.91. The molecule has 0 saturated carbocycles. The van der Waals surface area contributed by atoms with E-state index in [0.29, 0.717) is 36.8 Å². The van der Waals surface area contributed by atoms with Crippen LogP contribution in [-0.4, -0.2) is 33.6 Å². The Morgan fingerprint density at radius 1 is 1.25 bits per heavy atom. The second-order valence-corrected chi connectivity index (χ2v) is 8.91. The summed E-state index contributed by atoms with van der Waals surface area (Å²) in [6, 6.07) is 7.64. The fraction of sp³-hybridized carbons (Fsp3) is 0.464. The van der Waals surface area contributed by atoms with E-state index in [2.05, 4.69) is 11.7 Å². The number of hydrogen-bond acceptors (Lipinski definition) is 6. The minimum atomic E-state index is -0.883. The molecular weight excluding hydrogens is 460 g/mol. The zero-order chi connectivity index (χ0) is 26.7.